The summed E-state index contributed by atoms with van der Waals surface area (Å²) in [7, 11) is 4.76. The van der Waals surface area contributed by atoms with Crippen LogP contribution in [0, 0.1) is 17.8 Å². The van der Waals surface area contributed by atoms with Crippen LogP contribution in [-0.2, 0) is 14.4 Å². The maximum Gasteiger partial charge on any atom is 0.255 e. The summed E-state index contributed by atoms with van der Waals surface area (Å²) >= 11 is 0. The van der Waals surface area contributed by atoms with Crippen LogP contribution in [0.1, 0.15) is 40.5 Å². The van der Waals surface area contributed by atoms with E-state index >= 15 is 0 Å². The van der Waals surface area contributed by atoms with Crippen LogP contribution in [0.2, 0.25) is 0 Å². The van der Waals surface area contributed by atoms with E-state index < -0.39 is 0 Å². The molecule has 0 aromatic rings. The third-order valence-corrected chi connectivity index (χ3v) is 4.04. The van der Waals surface area contributed by atoms with Gasteiger partial charge in [-0.3, -0.25) is 9.63 Å². The smallest absolute Gasteiger partial charge is 0.255 e. The zero-order valence-electron chi connectivity index (χ0n) is 15.3. The first-order chi connectivity index (χ1) is 10.3. The van der Waals surface area contributed by atoms with Crippen molar-refractivity contribution in [1.29, 1.82) is 0 Å². The van der Waals surface area contributed by atoms with Gasteiger partial charge in [0, 0.05) is 20.1 Å². The molecule has 0 saturated carbocycles. The van der Waals surface area contributed by atoms with E-state index in [2.05, 4.69) is 26.5 Å². The number of hydroxylamine groups is 2. The summed E-state index contributed by atoms with van der Waals surface area (Å²) < 4.78 is 5.61. The summed E-state index contributed by atoms with van der Waals surface area (Å²) in [6, 6.07) is 0. The van der Waals surface area contributed by atoms with E-state index in [4.69, 9.17) is 9.57 Å². The zero-order valence-corrected chi connectivity index (χ0v) is 15.3. The zero-order chi connectivity index (χ0) is 17.3. The van der Waals surface area contributed by atoms with Crippen LogP contribution >= 0.6 is 0 Å². The number of methoxy groups -OCH3 is 1. The first-order valence-electron chi connectivity index (χ1n) is 7.93. The molecule has 0 aromatic heterocycles. The first kappa shape index (κ1) is 20.9. The monoisotopic (exact) mass is 311 g/mol. The molecule has 22 heavy (non-hydrogen) atoms. The Morgan fingerprint density at radius 3 is 2.27 bits per heavy atom. The molecule has 0 aliphatic carbocycles. The molecule has 0 aliphatic rings. The number of ether oxygens (including phenoxy) is 1. The maximum absolute atomic E-state index is 12.7. The Morgan fingerprint density at radius 1 is 1.27 bits per heavy atom. The Morgan fingerprint density at radius 2 is 1.86 bits per heavy atom. The van der Waals surface area contributed by atoms with E-state index in [0.29, 0.717) is 5.92 Å². The lowest BCUT2D eigenvalue weighted by molar-refractivity contribution is -0.176. The molecule has 0 radical (unpaired) electrons. The topological polar surface area (TPSA) is 38.8 Å². The number of carbonyl (C=O) groups excluding carboxylic acids is 1. The normalized spacial score (nSPS) is 16.3. The fourth-order valence-corrected chi connectivity index (χ4v) is 2.44. The van der Waals surface area contributed by atoms with E-state index in [0.717, 1.165) is 18.4 Å². The second-order valence-electron chi connectivity index (χ2n) is 6.21. The molecule has 0 N–H and O–H groups in total. The third-order valence-electron chi connectivity index (χ3n) is 4.04. The van der Waals surface area contributed by atoms with Gasteiger partial charge in [-0.2, -0.15) is 0 Å². The van der Waals surface area contributed by atoms with Crippen molar-refractivity contribution in [3.63, 3.8) is 0 Å². The molecule has 4 nitrogen and oxygen atoms in total. The largest absolute Gasteiger partial charge is 0.380 e. The van der Waals surface area contributed by atoms with Gasteiger partial charge in [0.1, 0.15) is 0 Å². The molecule has 0 fully saturated rings. The molecule has 128 valence electrons. The van der Waals surface area contributed by atoms with Gasteiger partial charge in [0.05, 0.1) is 19.1 Å². The van der Waals surface area contributed by atoms with E-state index in [1.54, 1.807) is 14.2 Å². The van der Waals surface area contributed by atoms with Gasteiger partial charge in [0.2, 0.25) is 0 Å². The Kier molecular flexibility index (Phi) is 10.0. The maximum atomic E-state index is 12.7. The van der Waals surface area contributed by atoms with E-state index in [9.17, 15) is 4.79 Å². The van der Waals surface area contributed by atoms with Crippen molar-refractivity contribution in [2.75, 3.05) is 21.3 Å². The van der Waals surface area contributed by atoms with Gasteiger partial charge in [-0.1, -0.05) is 38.5 Å². The lowest BCUT2D eigenvalue weighted by Gasteiger charge is -2.31. The minimum absolute atomic E-state index is 0.0673. The van der Waals surface area contributed by atoms with Gasteiger partial charge in [-0.05, 0) is 25.7 Å². The quantitative estimate of drug-likeness (QED) is 0.454. The van der Waals surface area contributed by atoms with E-state index in [1.165, 1.54) is 12.2 Å². The number of allylic oxidation sites excluding steroid dienone is 1. The van der Waals surface area contributed by atoms with Crippen molar-refractivity contribution in [2.45, 2.75) is 46.6 Å². The van der Waals surface area contributed by atoms with Crippen LogP contribution in [0.25, 0.3) is 0 Å². The number of carbonyl (C=O) groups is 1. The van der Waals surface area contributed by atoms with Crippen LogP contribution in [0.3, 0.4) is 0 Å². The summed E-state index contributed by atoms with van der Waals surface area (Å²) in [5.74, 6) is 0.249. The highest BCUT2D eigenvalue weighted by atomic mass is 16.7. The van der Waals surface area contributed by atoms with Crippen molar-refractivity contribution in [3.8, 4) is 0 Å². The summed E-state index contributed by atoms with van der Waals surface area (Å²) in [4.78, 5) is 17.7. The SMILES string of the molecule is C=C[C@@H](C)[C@@H](OC)[C@@H](C(=O)N(C)OC)/C(C)=C/CCC(C)C. The Labute approximate surface area is 136 Å². The molecule has 4 heteroatoms. The van der Waals surface area contributed by atoms with Gasteiger partial charge in [-0.15, -0.1) is 6.58 Å². The minimum atomic E-state index is -0.366. The molecule has 0 rings (SSSR count). The van der Waals surface area contributed by atoms with Crippen molar-refractivity contribution in [2.24, 2.45) is 17.8 Å². The van der Waals surface area contributed by atoms with Crippen LogP contribution < -0.4 is 0 Å². The predicted molar refractivity (Wildman–Crippen MR) is 91.3 cm³/mol. The third kappa shape index (κ3) is 6.32. The van der Waals surface area contributed by atoms with Crippen molar-refractivity contribution >= 4 is 5.91 Å². The second kappa shape index (κ2) is 10.6. The van der Waals surface area contributed by atoms with Gasteiger partial charge >= 0.3 is 0 Å². The Balaban J connectivity index is 5.39. The molecular formula is C18H33NO3. The minimum Gasteiger partial charge on any atom is -0.380 e. The second-order valence-corrected chi connectivity index (χ2v) is 6.21. The van der Waals surface area contributed by atoms with Crippen LogP contribution in [0.4, 0.5) is 0 Å². The molecule has 1 amide bonds. The van der Waals surface area contributed by atoms with Crippen LogP contribution in [0.15, 0.2) is 24.3 Å². The number of hydrogen-bond donors (Lipinski definition) is 0. The van der Waals surface area contributed by atoms with Gasteiger partial charge in [0.15, 0.2) is 0 Å². The summed E-state index contributed by atoms with van der Waals surface area (Å²) in [5.41, 5.74) is 1.02. The lowest BCUT2D eigenvalue weighted by atomic mass is 9.85. The molecule has 0 spiro atoms. The van der Waals surface area contributed by atoms with Crippen molar-refractivity contribution in [1.82, 2.24) is 5.06 Å². The van der Waals surface area contributed by atoms with Crippen molar-refractivity contribution < 1.29 is 14.4 Å². The summed E-state index contributed by atoms with van der Waals surface area (Å²) in [5, 5.41) is 1.27. The number of hydrogen-bond acceptors (Lipinski definition) is 3. The molecule has 0 heterocycles. The van der Waals surface area contributed by atoms with Gasteiger partial charge < -0.3 is 4.74 Å². The van der Waals surface area contributed by atoms with Crippen LogP contribution in [0.5, 0.6) is 0 Å². The average Bonchev–Trinajstić information content (AvgIpc) is 2.49. The van der Waals surface area contributed by atoms with Gasteiger partial charge in [-0.25, -0.2) is 5.06 Å². The fraction of sp³-hybridized carbons (Fsp3) is 0.722. The number of amides is 1. The first-order valence-corrected chi connectivity index (χ1v) is 7.93. The highest BCUT2D eigenvalue weighted by Crippen LogP contribution is 2.27. The average molecular weight is 311 g/mol. The molecule has 0 saturated heterocycles. The fourth-order valence-electron chi connectivity index (χ4n) is 2.44. The highest BCUT2D eigenvalue weighted by molar-refractivity contribution is 5.81. The summed E-state index contributed by atoms with van der Waals surface area (Å²) in [6.45, 7) is 12.2. The molecule has 3 atom stereocenters. The lowest BCUT2D eigenvalue weighted by Crippen LogP contribution is -2.42. The van der Waals surface area contributed by atoms with E-state index in [1.807, 2.05) is 19.9 Å². The number of rotatable bonds is 10. The Hall–Kier alpha value is -1.13. The standard InChI is InChI=1S/C18H33NO3/c1-9-14(4)17(21-7)16(18(20)19(6)22-8)15(5)12-10-11-13(2)3/h9,12-14,16-17H,1,10-11H2,2-8H3/b15-12+/t14-,16+,17-/m1/s1. The highest BCUT2D eigenvalue weighted by Gasteiger charge is 2.34. The molecule has 0 unspecified atom stereocenters. The van der Waals surface area contributed by atoms with Crippen LogP contribution in [-0.4, -0.2) is 38.3 Å². The predicted octanol–water partition coefficient (Wildman–Crippen LogP) is 3.84. The van der Waals surface area contributed by atoms with Gasteiger partial charge in [0.25, 0.3) is 5.91 Å². The Bertz CT molecular complexity index is 377. The van der Waals surface area contributed by atoms with E-state index in [-0.39, 0.29) is 23.8 Å². The van der Waals surface area contributed by atoms with Crippen molar-refractivity contribution in [3.05, 3.63) is 24.3 Å². The summed E-state index contributed by atoms with van der Waals surface area (Å²) in [6.07, 6.45) is 5.78. The number of nitrogens with zero attached hydrogens (tertiary/aromatic N) is 1. The molecular weight excluding hydrogens is 278 g/mol. The molecule has 0 aromatic carbocycles. The molecule has 0 bridgehead atoms. The molecule has 0 aliphatic heterocycles.